The van der Waals surface area contributed by atoms with E-state index in [1.54, 1.807) is 24.3 Å². The van der Waals surface area contributed by atoms with Crippen molar-refractivity contribution >= 4 is 17.5 Å². The minimum absolute atomic E-state index is 0.107. The Morgan fingerprint density at radius 2 is 2.00 bits per heavy atom. The Hall–Kier alpha value is -1.92. The molecule has 0 aliphatic carbocycles. The molecule has 0 saturated heterocycles. The number of carbonyl (C=O) groups excluding carboxylic acids is 2. The summed E-state index contributed by atoms with van der Waals surface area (Å²) in [7, 11) is 0. The summed E-state index contributed by atoms with van der Waals surface area (Å²) in [5, 5.41) is 2.55. The van der Waals surface area contributed by atoms with E-state index < -0.39 is 5.91 Å². The molecule has 1 aromatic rings. The molecule has 0 heterocycles. The molecule has 0 atom stereocenters. The number of anilines is 1. The molecule has 0 fully saturated rings. The van der Waals surface area contributed by atoms with Crippen molar-refractivity contribution in [1.82, 2.24) is 0 Å². The fraction of sp³-hybridized carbons (Fsp3) is 0.273. The van der Waals surface area contributed by atoms with E-state index in [2.05, 4.69) is 5.32 Å². The highest BCUT2D eigenvalue weighted by atomic mass is 16.5. The van der Waals surface area contributed by atoms with Crippen LogP contribution in [0, 0.1) is 0 Å². The minimum Gasteiger partial charge on any atom is -0.370 e. The van der Waals surface area contributed by atoms with Crippen molar-refractivity contribution < 1.29 is 14.3 Å². The second-order valence-corrected chi connectivity index (χ2v) is 3.30. The maximum absolute atomic E-state index is 11.4. The van der Waals surface area contributed by atoms with Crippen LogP contribution in [-0.2, 0) is 9.53 Å². The Morgan fingerprint density at radius 3 is 2.65 bits per heavy atom. The average molecular weight is 237 g/mol. The SMILES string of the molecule is NCCOCC(=O)Nc1ccccc1C(N)=O. The predicted octanol–water partition coefficient (Wildman–Crippen LogP) is -0.301. The molecule has 2 amide bonds. The third-order valence-corrected chi connectivity index (χ3v) is 1.96. The number of hydrogen-bond acceptors (Lipinski definition) is 4. The molecule has 17 heavy (non-hydrogen) atoms. The Kier molecular flexibility index (Phi) is 5.12. The summed E-state index contributed by atoms with van der Waals surface area (Å²) in [5.74, 6) is -0.948. The van der Waals surface area contributed by atoms with Crippen molar-refractivity contribution in [3.63, 3.8) is 0 Å². The maximum Gasteiger partial charge on any atom is 0.250 e. The number of amides is 2. The van der Waals surface area contributed by atoms with Gasteiger partial charge in [0.05, 0.1) is 17.9 Å². The van der Waals surface area contributed by atoms with Crippen molar-refractivity contribution in [3.05, 3.63) is 29.8 Å². The Labute approximate surface area is 98.9 Å². The van der Waals surface area contributed by atoms with Crippen molar-refractivity contribution in [1.29, 1.82) is 0 Å². The topological polar surface area (TPSA) is 107 Å². The second kappa shape index (κ2) is 6.62. The number of rotatable bonds is 6. The van der Waals surface area contributed by atoms with Crippen molar-refractivity contribution in [2.45, 2.75) is 0 Å². The number of hydrogen-bond donors (Lipinski definition) is 3. The molecule has 0 aromatic heterocycles. The highest BCUT2D eigenvalue weighted by Crippen LogP contribution is 2.13. The first kappa shape index (κ1) is 13.1. The minimum atomic E-state index is -0.594. The largest absolute Gasteiger partial charge is 0.370 e. The second-order valence-electron chi connectivity index (χ2n) is 3.30. The fourth-order valence-electron chi connectivity index (χ4n) is 1.24. The smallest absolute Gasteiger partial charge is 0.250 e. The van der Waals surface area contributed by atoms with Gasteiger partial charge in [-0.05, 0) is 12.1 Å². The molecule has 6 heteroatoms. The third kappa shape index (κ3) is 4.21. The Bertz CT molecular complexity index is 407. The molecule has 0 radical (unpaired) electrons. The zero-order chi connectivity index (χ0) is 12.7. The highest BCUT2D eigenvalue weighted by Gasteiger charge is 2.09. The lowest BCUT2D eigenvalue weighted by atomic mass is 10.1. The van der Waals surface area contributed by atoms with Crippen LogP contribution in [0.1, 0.15) is 10.4 Å². The van der Waals surface area contributed by atoms with Gasteiger partial charge >= 0.3 is 0 Å². The predicted molar refractivity (Wildman–Crippen MR) is 63.5 cm³/mol. The Morgan fingerprint density at radius 1 is 1.29 bits per heavy atom. The highest BCUT2D eigenvalue weighted by molar-refractivity contribution is 6.03. The van der Waals surface area contributed by atoms with E-state index in [-0.39, 0.29) is 18.1 Å². The van der Waals surface area contributed by atoms with E-state index in [0.717, 1.165) is 0 Å². The first-order chi connectivity index (χ1) is 8.15. The van der Waals surface area contributed by atoms with E-state index in [1.165, 1.54) is 0 Å². The zero-order valence-electron chi connectivity index (χ0n) is 9.31. The number of ether oxygens (including phenoxy) is 1. The monoisotopic (exact) mass is 237 g/mol. The Balaban J connectivity index is 2.61. The number of para-hydroxylation sites is 1. The third-order valence-electron chi connectivity index (χ3n) is 1.96. The van der Waals surface area contributed by atoms with Gasteiger partial charge in [0.2, 0.25) is 5.91 Å². The number of nitrogens with two attached hydrogens (primary N) is 2. The van der Waals surface area contributed by atoms with Crippen LogP contribution in [0.4, 0.5) is 5.69 Å². The summed E-state index contributed by atoms with van der Waals surface area (Å²) in [6, 6.07) is 6.50. The van der Waals surface area contributed by atoms with Gasteiger partial charge in [0, 0.05) is 6.54 Å². The molecule has 0 aliphatic rings. The molecule has 92 valence electrons. The fourth-order valence-corrected chi connectivity index (χ4v) is 1.24. The molecule has 0 aliphatic heterocycles. The number of nitrogens with one attached hydrogen (secondary N) is 1. The quantitative estimate of drug-likeness (QED) is 0.590. The van der Waals surface area contributed by atoms with Crippen LogP contribution in [0.3, 0.4) is 0 Å². The molecule has 0 spiro atoms. The van der Waals surface area contributed by atoms with E-state index in [1.807, 2.05) is 0 Å². The van der Waals surface area contributed by atoms with Gasteiger partial charge in [-0.25, -0.2) is 0 Å². The van der Waals surface area contributed by atoms with Gasteiger partial charge in [-0.1, -0.05) is 12.1 Å². The molecule has 5 N–H and O–H groups in total. The van der Waals surface area contributed by atoms with Gasteiger partial charge in [-0.3, -0.25) is 9.59 Å². The maximum atomic E-state index is 11.4. The lowest BCUT2D eigenvalue weighted by Gasteiger charge is -2.08. The molecule has 0 unspecified atom stereocenters. The van der Waals surface area contributed by atoms with Crippen LogP contribution >= 0.6 is 0 Å². The summed E-state index contributed by atoms with van der Waals surface area (Å²) < 4.78 is 4.96. The van der Waals surface area contributed by atoms with E-state index in [4.69, 9.17) is 16.2 Å². The van der Waals surface area contributed by atoms with Crippen LogP contribution in [0.2, 0.25) is 0 Å². The van der Waals surface area contributed by atoms with Gasteiger partial charge in [0.25, 0.3) is 5.91 Å². The van der Waals surface area contributed by atoms with Gasteiger partial charge in [0.1, 0.15) is 6.61 Å². The lowest BCUT2D eigenvalue weighted by molar-refractivity contribution is -0.120. The van der Waals surface area contributed by atoms with Gasteiger partial charge in [-0.2, -0.15) is 0 Å². The lowest BCUT2D eigenvalue weighted by Crippen LogP contribution is -2.23. The summed E-state index contributed by atoms with van der Waals surface area (Å²) in [6.45, 7) is 0.556. The van der Waals surface area contributed by atoms with Crippen molar-refractivity contribution in [3.8, 4) is 0 Å². The van der Waals surface area contributed by atoms with Crippen LogP contribution in [0.25, 0.3) is 0 Å². The van der Waals surface area contributed by atoms with Crippen LogP contribution in [-0.4, -0.2) is 31.6 Å². The molecule has 1 aromatic carbocycles. The van der Waals surface area contributed by atoms with Gasteiger partial charge in [0.15, 0.2) is 0 Å². The molecular weight excluding hydrogens is 222 g/mol. The normalized spacial score (nSPS) is 9.94. The summed E-state index contributed by atoms with van der Waals surface area (Å²) in [5.41, 5.74) is 11.0. The molecule has 6 nitrogen and oxygen atoms in total. The van der Waals surface area contributed by atoms with Crippen LogP contribution < -0.4 is 16.8 Å². The number of primary amides is 1. The van der Waals surface area contributed by atoms with Crippen LogP contribution in [0.5, 0.6) is 0 Å². The first-order valence-corrected chi connectivity index (χ1v) is 5.11. The molecule has 0 bridgehead atoms. The van der Waals surface area contributed by atoms with E-state index in [0.29, 0.717) is 18.8 Å². The number of benzene rings is 1. The summed E-state index contributed by atoms with van der Waals surface area (Å²) in [4.78, 5) is 22.5. The molecule has 0 saturated carbocycles. The van der Waals surface area contributed by atoms with Crippen molar-refractivity contribution in [2.24, 2.45) is 11.5 Å². The first-order valence-electron chi connectivity index (χ1n) is 5.11. The standard InChI is InChI=1S/C11H15N3O3/c12-5-6-17-7-10(15)14-9-4-2-1-3-8(9)11(13)16/h1-4H,5-7,12H2,(H2,13,16)(H,14,15). The zero-order valence-corrected chi connectivity index (χ0v) is 9.31. The number of carbonyl (C=O) groups is 2. The summed E-state index contributed by atoms with van der Waals surface area (Å²) >= 11 is 0. The van der Waals surface area contributed by atoms with Gasteiger partial charge in [-0.15, -0.1) is 0 Å². The van der Waals surface area contributed by atoms with Gasteiger partial charge < -0.3 is 21.5 Å². The summed E-state index contributed by atoms with van der Waals surface area (Å²) in [6.07, 6.45) is 0. The van der Waals surface area contributed by atoms with Crippen LogP contribution in [0.15, 0.2) is 24.3 Å². The average Bonchev–Trinajstić information content (AvgIpc) is 2.29. The van der Waals surface area contributed by atoms with Crippen molar-refractivity contribution in [2.75, 3.05) is 25.1 Å². The van der Waals surface area contributed by atoms with E-state index >= 15 is 0 Å². The van der Waals surface area contributed by atoms with E-state index in [9.17, 15) is 9.59 Å². The molecular formula is C11H15N3O3. The molecule has 1 rings (SSSR count).